The SMILES string of the molecule is COc1cc(C2(C(C)N)CC2)c(OC)c(Cl)c1C. The number of methoxy groups -OCH3 is 2. The van der Waals surface area contributed by atoms with E-state index in [1.54, 1.807) is 14.2 Å². The van der Waals surface area contributed by atoms with Crippen LogP contribution in [0.15, 0.2) is 6.07 Å². The van der Waals surface area contributed by atoms with E-state index in [4.69, 9.17) is 26.8 Å². The average molecular weight is 270 g/mol. The molecule has 1 unspecified atom stereocenters. The van der Waals surface area contributed by atoms with Gasteiger partial charge in [-0.1, -0.05) is 11.6 Å². The molecule has 0 aliphatic heterocycles. The summed E-state index contributed by atoms with van der Waals surface area (Å²) < 4.78 is 10.9. The van der Waals surface area contributed by atoms with Crippen molar-refractivity contribution in [1.29, 1.82) is 0 Å². The van der Waals surface area contributed by atoms with Gasteiger partial charge in [0.1, 0.15) is 11.5 Å². The first kappa shape index (κ1) is 13.5. The van der Waals surface area contributed by atoms with Crippen molar-refractivity contribution in [1.82, 2.24) is 0 Å². The molecule has 1 fully saturated rings. The number of hydrogen-bond donors (Lipinski definition) is 1. The Bertz CT molecular complexity index is 467. The molecule has 0 amide bonds. The maximum Gasteiger partial charge on any atom is 0.141 e. The van der Waals surface area contributed by atoms with Gasteiger partial charge in [-0.15, -0.1) is 0 Å². The first-order valence-electron chi connectivity index (χ1n) is 6.15. The average Bonchev–Trinajstić information content (AvgIpc) is 3.13. The summed E-state index contributed by atoms with van der Waals surface area (Å²) in [5, 5.41) is 0.624. The van der Waals surface area contributed by atoms with Crippen molar-refractivity contribution in [2.24, 2.45) is 5.73 Å². The zero-order valence-corrected chi connectivity index (χ0v) is 12.1. The molecule has 1 aliphatic carbocycles. The fourth-order valence-electron chi connectivity index (χ4n) is 2.59. The van der Waals surface area contributed by atoms with E-state index in [0.29, 0.717) is 5.02 Å². The van der Waals surface area contributed by atoms with Gasteiger partial charge in [0, 0.05) is 22.6 Å². The summed E-state index contributed by atoms with van der Waals surface area (Å²) in [6.45, 7) is 3.96. The lowest BCUT2D eigenvalue weighted by Gasteiger charge is -2.25. The summed E-state index contributed by atoms with van der Waals surface area (Å²) >= 11 is 6.38. The third-order valence-electron chi connectivity index (χ3n) is 4.04. The van der Waals surface area contributed by atoms with Crippen molar-refractivity contribution in [2.45, 2.75) is 38.1 Å². The molecule has 1 aromatic carbocycles. The second-order valence-electron chi connectivity index (χ2n) is 5.04. The van der Waals surface area contributed by atoms with Crippen molar-refractivity contribution in [3.63, 3.8) is 0 Å². The molecule has 0 saturated heterocycles. The predicted molar refractivity (Wildman–Crippen MR) is 73.9 cm³/mol. The lowest BCUT2D eigenvalue weighted by molar-refractivity contribution is 0.387. The molecule has 1 atom stereocenters. The van der Waals surface area contributed by atoms with Crippen LogP contribution in [0.5, 0.6) is 11.5 Å². The number of ether oxygens (including phenoxy) is 2. The first-order valence-corrected chi connectivity index (χ1v) is 6.53. The molecule has 3 nitrogen and oxygen atoms in total. The third kappa shape index (κ3) is 1.86. The Morgan fingerprint density at radius 3 is 2.33 bits per heavy atom. The summed E-state index contributed by atoms with van der Waals surface area (Å²) in [6, 6.07) is 2.10. The third-order valence-corrected chi connectivity index (χ3v) is 4.49. The lowest BCUT2D eigenvalue weighted by atomic mass is 9.87. The van der Waals surface area contributed by atoms with E-state index in [0.717, 1.165) is 35.5 Å². The van der Waals surface area contributed by atoms with Crippen LogP contribution >= 0.6 is 11.6 Å². The summed E-state index contributed by atoms with van der Waals surface area (Å²) in [4.78, 5) is 0. The molecular formula is C14H20ClNO2. The van der Waals surface area contributed by atoms with Crippen LogP contribution in [-0.2, 0) is 5.41 Å². The van der Waals surface area contributed by atoms with E-state index in [1.807, 2.05) is 19.9 Å². The number of halogens is 1. The number of benzene rings is 1. The highest BCUT2D eigenvalue weighted by Gasteiger charge is 2.50. The second kappa shape index (κ2) is 4.63. The number of hydrogen-bond acceptors (Lipinski definition) is 3. The summed E-state index contributed by atoms with van der Waals surface area (Å²) in [7, 11) is 3.30. The zero-order chi connectivity index (χ0) is 13.5. The van der Waals surface area contributed by atoms with Crippen molar-refractivity contribution < 1.29 is 9.47 Å². The Morgan fingerprint density at radius 1 is 1.33 bits per heavy atom. The molecule has 2 rings (SSSR count). The highest BCUT2D eigenvalue weighted by atomic mass is 35.5. The van der Waals surface area contributed by atoms with Gasteiger partial charge in [0.2, 0.25) is 0 Å². The van der Waals surface area contributed by atoms with Crippen molar-refractivity contribution in [3.05, 3.63) is 22.2 Å². The van der Waals surface area contributed by atoms with Gasteiger partial charge in [0.25, 0.3) is 0 Å². The van der Waals surface area contributed by atoms with Crippen LogP contribution in [0, 0.1) is 6.92 Å². The summed E-state index contributed by atoms with van der Waals surface area (Å²) in [6.07, 6.45) is 2.15. The molecule has 1 aliphatic rings. The monoisotopic (exact) mass is 269 g/mol. The molecule has 1 aromatic rings. The topological polar surface area (TPSA) is 44.5 Å². The van der Waals surface area contributed by atoms with Crippen LogP contribution < -0.4 is 15.2 Å². The van der Waals surface area contributed by atoms with E-state index in [9.17, 15) is 0 Å². The second-order valence-corrected chi connectivity index (χ2v) is 5.42. The van der Waals surface area contributed by atoms with Crippen molar-refractivity contribution >= 4 is 11.6 Å². The molecule has 0 heterocycles. The Balaban J connectivity index is 2.63. The number of nitrogens with two attached hydrogens (primary N) is 1. The summed E-state index contributed by atoms with van der Waals surface area (Å²) in [5.41, 5.74) is 8.10. The van der Waals surface area contributed by atoms with Crippen LogP contribution in [0.25, 0.3) is 0 Å². The van der Waals surface area contributed by atoms with Gasteiger partial charge in [0.15, 0.2) is 0 Å². The van der Waals surface area contributed by atoms with Crippen LogP contribution in [-0.4, -0.2) is 20.3 Å². The van der Waals surface area contributed by atoms with Crippen LogP contribution in [0.2, 0.25) is 5.02 Å². The quantitative estimate of drug-likeness (QED) is 0.914. The Hall–Kier alpha value is -0.930. The highest BCUT2D eigenvalue weighted by Crippen LogP contribution is 2.56. The van der Waals surface area contributed by atoms with Crippen LogP contribution in [0.3, 0.4) is 0 Å². The van der Waals surface area contributed by atoms with E-state index in [2.05, 4.69) is 0 Å². The lowest BCUT2D eigenvalue weighted by Crippen LogP contribution is -2.32. The highest BCUT2D eigenvalue weighted by molar-refractivity contribution is 6.33. The van der Waals surface area contributed by atoms with Crippen molar-refractivity contribution in [3.8, 4) is 11.5 Å². The summed E-state index contributed by atoms with van der Waals surface area (Å²) in [5.74, 6) is 1.53. The van der Waals surface area contributed by atoms with Gasteiger partial charge in [-0.05, 0) is 32.8 Å². The molecule has 18 heavy (non-hydrogen) atoms. The minimum atomic E-state index is -0.00400. The largest absolute Gasteiger partial charge is 0.496 e. The van der Waals surface area contributed by atoms with Gasteiger partial charge in [0.05, 0.1) is 19.2 Å². The zero-order valence-electron chi connectivity index (χ0n) is 11.3. The molecule has 2 N–H and O–H groups in total. The molecule has 4 heteroatoms. The van der Waals surface area contributed by atoms with E-state index < -0.39 is 0 Å². The van der Waals surface area contributed by atoms with Crippen LogP contribution in [0.4, 0.5) is 0 Å². The maximum absolute atomic E-state index is 6.38. The van der Waals surface area contributed by atoms with E-state index in [1.165, 1.54) is 0 Å². The molecule has 100 valence electrons. The Kier molecular flexibility index (Phi) is 3.47. The minimum Gasteiger partial charge on any atom is -0.496 e. The van der Waals surface area contributed by atoms with Gasteiger partial charge in [-0.2, -0.15) is 0 Å². The normalized spacial score (nSPS) is 18.3. The van der Waals surface area contributed by atoms with E-state index >= 15 is 0 Å². The van der Waals surface area contributed by atoms with Gasteiger partial charge in [-0.25, -0.2) is 0 Å². The van der Waals surface area contributed by atoms with Crippen molar-refractivity contribution in [2.75, 3.05) is 14.2 Å². The van der Waals surface area contributed by atoms with Gasteiger partial charge in [-0.3, -0.25) is 0 Å². The molecule has 0 aromatic heterocycles. The molecule has 0 radical (unpaired) electrons. The molecule has 1 saturated carbocycles. The van der Waals surface area contributed by atoms with E-state index in [-0.39, 0.29) is 11.5 Å². The number of rotatable bonds is 4. The smallest absolute Gasteiger partial charge is 0.141 e. The molecule has 0 bridgehead atoms. The predicted octanol–water partition coefficient (Wildman–Crippen LogP) is 3.04. The van der Waals surface area contributed by atoms with Gasteiger partial charge >= 0.3 is 0 Å². The molecule has 0 spiro atoms. The standard InChI is InChI=1S/C14H20ClNO2/c1-8-11(17-3)7-10(13(18-4)12(8)15)14(5-6-14)9(2)16/h7,9H,5-6,16H2,1-4H3. The fourth-order valence-corrected chi connectivity index (χ4v) is 2.86. The maximum atomic E-state index is 6.38. The Morgan fingerprint density at radius 2 is 1.94 bits per heavy atom. The minimum absolute atomic E-state index is 0.00400. The molecular weight excluding hydrogens is 250 g/mol. The Labute approximate surface area is 113 Å². The first-order chi connectivity index (χ1) is 8.47. The fraction of sp³-hybridized carbons (Fsp3) is 0.571. The van der Waals surface area contributed by atoms with Crippen LogP contribution in [0.1, 0.15) is 30.9 Å². The van der Waals surface area contributed by atoms with Gasteiger partial charge < -0.3 is 15.2 Å².